The molecule has 0 atom stereocenters. The zero-order valence-electron chi connectivity index (χ0n) is 4.46. The molecule has 6 heteroatoms. The lowest BCUT2D eigenvalue weighted by molar-refractivity contribution is -0.0656. The van der Waals surface area contributed by atoms with Crippen molar-refractivity contribution in [1.29, 1.82) is 5.41 Å². The fraction of sp³-hybridized carbons (Fsp3) is 0.667. The standard InChI is InChI=1S/C3H4ClF3N2/c1-9(4)2(8)3(5,6)7/h8H,1H3. The van der Waals surface area contributed by atoms with Crippen LogP contribution in [0.2, 0.25) is 0 Å². The van der Waals surface area contributed by atoms with Crippen molar-refractivity contribution in [1.82, 2.24) is 4.42 Å². The predicted molar refractivity (Wildman–Crippen MR) is 27.4 cm³/mol. The van der Waals surface area contributed by atoms with Crippen LogP contribution in [0.15, 0.2) is 0 Å². The van der Waals surface area contributed by atoms with Crippen molar-refractivity contribution in [3.05, 3.63) is 0 Å². The summed E-state index contributed by atoms with van der Waals surface area (Å²) in [4.78, 5) is 0. The van der Waals surface area contributed by atoms with Gasteiger partial charge in [-0.15, -0.1) is 0 Å². The van der Waals surface area contributed by atoms with Crippen LogP contribution < -0.4 is 0 Å². The number of hydrogen-bond acceptors (Lipinski definition) is 1. The van der Waals surface area contributed by atoms with Crippen LogP contribution in [0.4, 0.5) is 13.2 Å². The smallest absolute Gasteiger partial charge is 0.280 e. The fourth-order valence-corrected chi connectivity index (χ4v) is 0.271. The van der Waals surface area contributed by atoms with Crippen LogP contribution in [-0.2, 0) is 0 Å². The van der Waals surface area contributed by atoms with Gasteiger partial charge in [-0.1, -0.05) is 0 Å². The zero-order chi connectivity index (χ0) is 7.65. The highest BCUT2D eigenvalue weighted by atomic mass is 35.5. The summed E-state index contributed by atoms with van der Waals surface area (Å²) in [7, 11) is 0.942. The first-order valence-corrected chi connectivity index (χ1v) is 2.24. The molecule has 0 aliphatic carbocycles. The van der Waals surface area contributed by atoms with Gasteiger partial charge >= 0.3 is 6.18 Å². The van der Waals surface area contributed by atoms with E-state index in [-0.39, 0.29) is 4.42 Å². The molecule has 0 heterocycles. The van der Waals surface area contributed by atoms with Gasteiger partial charge in [-0.3, -0.25) is 9.83 Å². The number of nitrogens with one attached hydrogen (secondary N) is 1. The Morgan fingerprint density at radius 1 is 1.56 bits per heavy atom. The van der Waals surface area contributed by atoms with Crippen LogP contribution in [0.25, 0.3) is 0 Å². The van der Waals surface area contributed by atoms with Crippen LogP contribution in [0.3, 0.4) is 0 Å². The fourth-order valence-electron chi connectivity index (χ4n) is 0.175. The van der Waals surface area contributed by atoms with E-state index in [1.165, 1.54) is 0 Å². The highest BCUT2D eigenvalue weighted by Gasteiger charge is 2.36. The second-order valence-electron chi connectivity index (χ2n) is 1.32. The number of halogens is 4. The van der Waals surface area contributed by atoms with Gasteiger partial charge in [0.15, 0.2) is 0 Å². The van der Waals surface area contributed by atoms with E-state index in [2.05, 4.69) is 0 Å². The molecule has 0 unspecified atom stereocenters. The minimum atomic E-state index is -4.64. The third kappa shape index (κ3) is 2.55. The van der Waals surface area contributed by atoms with Crippen LogP contribution in [-0.4, -0.2) is 23.5 Å². The molecule has 2 nitrogen and oxygen atoms in total. The van der Waals surface area contributed by atoms with Gasteiger partial charge < -0.3 is 0 Å². The third-order valence-corrected chi connectivity index (χ3v) is 0.746. The molecule has 0 aromatic rings. The van der Waals surface area contributed by atoms with Crippen molar-refractivity contribution < 1.29 is 13.2 Å². The number of alkyl halides is 3. The lowest BCUT2D eigenvalue weighted by atomic mass is 10.6. The summed E-state index contributed by atoms with van der Waals surface area (Å²) in [6, 6.07) is 0. The first-order chi connectivity index (χ1) is 3.85. The van der Waals surface area contributed by atoms with E-state index in [0.717, 1.165) is 7.05 Å². The molecule has 0 radical (unpaired) electrons. The van der Waals surface area contributed by atoms with E-state index in [9.17, 15) is 13.2 Å². The molecular weight excluding hydrogens is 156 g/mol. The molecule has 0 aromatic heterocycles. The molecule has 0 aromatic carbocycles. The van der Waals surface area contributed by atoms with E-state index in [4.69, 9.17) is 17.2 Å². The van der Waals surface area contributed by atoms with E-state index in [1.807, 2.05) is 0 Å². The summed E-state index contributed by atoms with van der Waals surface area (Å²) >= 11 is 4.80. The number of rotatable bonds is 0. The van der Waals surface area contributed by atoms with Crippen molar-refractivity contribution in [3.63, 3.8) is 0 Å². The van der Waals surface area contributed by atoms with Gasteiger partial charge in [0.05, 0.1) is 0 Å². The first-order valence-electron chi connectivity index (χ1n) is 1.91. The first kappa shape index (κ1) is 8.55. The lowest BCUT2D eigenvalue weighted by Crippen LogP contribution is -2.31. The second-order valence-corrected chi connectivity index (χ2v) is 1.83. The maximum atomic E-state index is 11.3. The maximum absolute atomic E-state index is 11.3. The van der Waals surface area contributed by atoms with Crippen LogP contribution >= 0.6 is 11.8 Å². The van der Waals surface area contributed by atoms with E-state index >= 15 is 0 Å². The van der Waals surface area contributed by atoms with Gasteiger partial charge in [0, 0.05) is 18.8 Å². The molecule has 9 heavy (non-hydrogen) atoms. The summed E-state index contributed by atoms with van der Waals surface area (Å²) in [5, 5.41) is 6.26. The van der Waals surface area contributed by atoms with Gasteiger partial charge in [0.1, 0.15) is 0 Å². The highest BCUT2D eigenvalue weighted by Crippen LogP contribution is 2.18. The quantitative estimate of drug-likeness (QED) is 0.325. The van der Waals surface area contributed by atoms with Crippen LogP contribution in [0.5, 0.6) is 0 Å². The van der Waals surface area contributed by atoms with Gasteiger partial charge in [-0.2, -0.15) is 13.2 Å². The minimum absolute atomic E-state index is 0.181. The number of amidine groups is 1. The lowest BCUT2D eigenvalue weighted by Gasteiger charge is -2.12. The Balaban J connectivity index is 4.06. The van der Waals surface area contributed by atoms with Crippen molar-refractivity contribution in [2.24, 2.45) is 0 Å². The van der Waals surface area contributed by atoms with Gasteiger partial charge in [0.2, 0.25) is 5.84 Å². The Labute approximate surface area is 54.8 Å². The minimum Gasteiger partial charge on any atom is -0.280 e. The van der Waals surface area contributed by atoms with Gasteiger partial charge in [-0.05, 0) is 0 Å². The molecule has 0 fully saturated rings. The van der Waals surface area contributed by atoms with E-state index in [1.54, 1.807) is 0 Å². The molecule has 0 spiro atoms. The van der Waals surface area contributed by atoms with Gasteiger partial charge in [0.25, 0.3) is 0 Å². The van der Waals surface area contributed by atoms with Gasteiger partial charge in [-0.25, -0.2) is 0 Å². The van der Waals surface area contributed by atoms with Crippen molar-refractivity contribution >= 4 is 17.6 Å². The van der Waals surface area contributed by atoms with Crippen molar-refractivity contribution in [2.45, 2.75) is 6.18 Å². The average molecular weight is 161 g/mol. The Morgan fingerprint density at radius 3 is 1.89 bits per heavy atom. The van der Waals surface area contributed by atoms with E-state index in [0.29, 0.717) is 0 Å². The summed E-state index contributed by atoms with van der Waals surface area (Å²) in [5.41, 5.74) is 0. The topological polar surface area (TPSA) is 27.1 Å². The zero-order valence-corrected chi connectivity index (χ0v) is 5.22. The molecule has 54 valence electrons. The summed E-state index contributed by atoms with van der Waals surface area (Å²) in [6.07, 6.45) is -4.64. The third-order valence-electron chi connectivity index (χ3n) is 0.577. The average Bonchev–Trinajstić information content (AvgIpc) is 1.62. The molecule has 0 amide bonds. The molecule has 1 N–H and O–H groups in total. The molecule has 0 saturated heterocycles. The maximum Gasteiger partial charge on any atom is 0.450 e. The monoisotopic (exact) mass is 160 g/mol. The Hall–Kier alpha value is -0.450. The normalized spacial score (nSPS) is 11.2. The SMILES string of the molecule is CN(Cl)C(=N)C(F)(F)F. The summed E-state index contributed by atoms with van der Waals surface area (Å²) < 4.78 is 34.2. The van der Waals surface area contributed by atoms with Crippen molar-refractivity contribution in [3.8, 4) is 0 Å². The van der Waals surface area contributed by atoms with E-state index < -0.39 is 12.0 Å². The highest BCUT2D eigenvalue weighted by molar-refractivity contribution is 6.22. The second kappa shape index (κ2) is 2.43. The summed E-state index contributed by atoms with van der Waals surface area (Å²) in [6.45, 7) is 0. The summed E-state index contributed by atoms with van der Waals surface area (Å²) in [5.74, 6) is -1.57. The molecule has 0 saturated carbocycles. The molecular formula is C3H4ClF3N2. The Bertz CT molecular complexity index is 119. The van der Waals surface area contributed by atoms with Crippen molar-refractivity contribution in [2.75, 3.05) is 7.05 Å². The molecule has 0 bridgehead atoms. The Morgan fingerprint density at radius 2 is 1.89 bits per heavy atom. The molecule has 0 aliphatic heterocycles. The number of hydrogen-bond donors (Lipinski definition) is 1. The predicted octanol–water partition coefficient (Wildman–Crippen LogP) is 1.61. The largest absolute Gasteiger partial charge is 0.450 e. The molecule has 0 aliphatic rings. The Kier molecular flexibility index (Phi) is 2.31. The van der Waals surface area contributed by atoms with Crippen LogP contribution in [0.1, 0.15) is 0 Å². The van der Waals surface area contributed by atoms with Crippen LogP contribution in [0, 0.1) is 5.41 Å². The number of nitrogens with zero attached hydrogens (tertiary/aromatic N) is 1. The molecule has 0 rings (SSSR count).